The number of para-hydroxylation sites is 1. The van der Waals surface area contributed by atoms with Crippen molar-refractivity contribution in [1.82, 2.24) is 15.6 Å². The van der Waals surface area contributed by atoms with Crippen molar-refractivity contribution in [2.24, 2.45) is 4.99 Å². The number of anilines is 1. The lowest BCUT2D eigenvalue weighted by atomic mass is 10.00. The Kier molecular flexibility index (Phi) is 8.93. The molecule has 0 saturated carbocycles. The molecule has 152 valence electrons. The number of guanidine groups is 1. The fourth-order valence-corrected chi connectivity index (χ4v) is 4.21. The van der Waals surface area contributed by atoms with Crippen molar-refractivity contribution in [1.29, 1.82) is 0 Å². The van der Waals surface area contributed by atoms with Gasteiger partial charge in [0.15, 0.2) is 11.1 Å². The molecule has 3 rings (SSSR count). The van der Waals surface area contributed by atoms with Crippen LogP contribution in [0.5, 0.6) is 0 Å². The van der Waals surface area contributed by atoms with Gasteiger partial charge in [-0.25, -0.2) is 9.98 Å². The minimum Gasteiger partial charge on any atom is -0.383 e. The normalized spacial score (nSPS) is 13.6. The predicted molar refractivity (Wildman–Crippen MR) is 131 cm³/mol. The third-order valence-electron chi connectivity index (χ3n) is 4.02. The van der Waals surface area contributed by atoms with E-state index in [1.165, 1.54) is 4.70 Å². The summed E-state index contributed by atoms with van der Waals surface area (Å²) >= 11 is 3.22. The van der Waals surface area contributed by atoms with Gasteiger partial charge < -0.3 is 21.1 Å². The summed E-state index contributed by atoms with van der Waals surface area (Å²) in [4.78, 5) is 9.09. The van der Waals surface area contributed by atoms with E-state index >= 15 is 0 Å². The summed E-state index contributed by atoms with van der Waals surface area (Å²) in [6.07, 6.45) is 0. The van der Waals surface area contributed by atoms with Gasteiger partial charge in [-0.05, 0) is 48.4 Å². The van der Waals surface area contributed by atoms with Crippen molar-refractivity contribution in [3.05, 3.63) is 46.7 Å². The molecule has 0 aliphatic rings. The molecule has 2 aromatic heterocycles. The number of aromatic nitrogens is 1. The molecule has 3 aromatic rings. The van der Waals surface area contributed by atoms with Gasteiger partial charge in [-0.15, -0.1) is 24.0 Å². The van der Waals surface area contributed by atoms with Crippen LogP contribution in [0.25, 0.3) is 10.2 Å². The number of thiazole rings is 1. The molecule has 2 heterocycles. The van der Waals surface area contributed by atoms with Crippen molar-refractivity contribution in [2.45, 2.75) is 19.4 Å². The topological polar surface area (TPSA) is 81.6 Å². The third kappa shape index (κ3) is 6.29. The molecule has 0 amide bonds. The van der Waals surface area contributed by atoms with E-state index in [0.29, 0.717) is 19.0 Å². The van der Waals surface area contributed by atoms with Crippen LogP contribution in [0, 0.1) is 0 Å². The van der Waals surface area contributed by atoms with Gasteiger partial charge in [0.2, 0.25) is 0 Å². The molecule has 6 nitrogen and oxygen atoms in total. The summed E-state index contributed by atoms with van der Waals surface area (Å²) < 4.78 is 1.18. The molecule has 0 radical (unpaired) electrons. The van der Waals surface area contributed by atoms with Crippen LogP contribution in [0.1, 0.15) is 19.4 Å². The number of nitrogens with one attached hydrogen (secondary N) is 3. The molecular formula is C19H26IN5OS2. The van der Waals surface area contributed by atoms with E-state index in [9.17, 15) is 5.11 Å². The zero-order valence-corrected chi connectivity index (χ0v) is 19.9. The molecule has 1 aromatic carbocycles. The molecule has 28 heavy (non-hydrogen) atoms. The molecule has 0 spiro atoms. The van der Waals surface area contributed by atoms with E-state index in [-0.39, 0.29) is 24.0 Å². The van der Waals surface area contributed by atoms with Crippen LogP contribution >= 0.6 is 46.7 Å². The van der Waals surface area contributed by atoms with Gasteiger partial charge in [0.05, 0.1) is 16.8 Å². The van der Waals surface area contributed by atoms with Gasteiger partial charge in [0.25, 0.3) is 0 Å². The minimum atomic E-state index is -0.971. The molecule has 1 unspecified atom stereocenters. The summed E-state index contributed by atoms with van der Waals surface area (Å²) in [6.45, 7) is 6.29. The van der Waals surface area contributed by atoms with E-state index in [4.69, 9.17) is 0 Å². The standard InChI is InChI=1S/C19H25N5OS2.HI/c1-3-20-17(23-13-19(2,25)14-8-11-26-12-14)21-9-10-22-18-24-15-6-4-5-7-16(15)27-18;/h4-8,11-12,25H,3,9-10,13H2,1-2H3,(H,22,24)(H2,20,21,23);1H. The quantitative estimate of drug-likeness (QED) is 0.154. The fourth-order valence-electron chi connectivity index (χ4n) is 2.54. The molecule has 4 N–H and O–H groups in total. The Morgan fingerprint density at radius 1 is 1.21 bits per heavy atom. The first kappa shape index (κ1) is 22.9. The lowest BCUT2D eigenvalue weighted by Gasteiger charge is -2.21. The second-order valence-electron chi connectivity index (χ2n) is 6.32. The summed E-state index contributed by atoms with van der Waals surface area (Å²) in [5.74, 6) is 0.694. The highest BCUT2D eigenvalue weighted by Crippen LogP contribution is 2.25. The maximum atomic E-state index is 10.6. The number of thiophene rings is 1. The Balaban J connectivity index is 0.00000280. The van der Waals surface area contributed by atoms with Crippen LogP contribution in [0.4, 0.5) is 5.13 Å². The monoisotopic (exact) mass is 531 g/mol. The SMILES string of the molecule is CCNC(=NCC(C)(O)c1ccsc1)NCCNc1nc2ccccc2s1.I. The Morgan fingerprint density at radius 3 is 2.75 bits per heavy atom. The van der Waals surface area contributed by atoms with E-state index in [1.807, 2.05) is 41.9 Å². The lowest BCUT2D eigenvalue weighted by Crippen LogP contribution is -2.40. The van der Waals surface area contributed by atoms with Crippen molar-refractivity contribution < 1.29 is 5.11 Å². The van der Waals surface area contributed by atoms with Crippen molar-refractivity contribution >= 4 is 68.0 Å². The van der Waals surface area contributed by atoms with Crippen LogP contribution in [0.15, 0.2) is 46.1 Å². The summed E-state index contributed by atoms with van der Waals surface area (Å²) in [7, 11) is 0. The number of hydrogen-bond donors (Lipinski definition) is 4. The Hall–Kier alpha value is -1.43. The van der Waals surface area contributed by atoms with Crippen LogP contribution in [0.3, 0.4) is 0 Å². The number of halogens is 1. The van der Waals surface area contributed by atoms with Gasteiger partial charge >= 0.3 is 0 Å². The van der Waals surface area contributed by atoms with Crippen LogP contribution in [0.2, 0.25) is 0 Å². The Morgan fingerprint density at radius 2 is 2.04 bits per heavy atom. The van der Waals surface area contributed by atoms with Gasteiger partial charge in [-0.1, -0.05) is 23.5 Å². The largest absolute Gasteiger partial charge is 0.383 e. The summed E-state index contributed by atoms with van der Waals surface area (Å²) in [6, 6.07) is 10.0. The van der Waals surface area contributed by atoms with Gasteiger partial charge in [-0.2, -0.15) is 11.3 Å². The first-order valence-electron chi connectivity index (χ1n) is 8.95. The predicted octanol–water partition coefficient (Wildman–Crippen LogP) is 3.85. The highest BCUT2D eigenvalue weighted by molar-refractivity contribution is 14.0. The molecule has 0 aliphatic carbocycles. The number of nitrogens with zero attached hydrogens (tertiary/aromatic N) is 2. The van der Waals surface area contributed by atoms with Gasteiger partial charge in [0.1, 0.15) is 5.60 Å². The Labute approximate surface area is 190 Å². The molecule has 0 aliphatic heterocycles. The van der Waals surface area contributed by atoms with Crippen LogP contribution in [-0.2, 0) is 5.60 Å². The molecular weight excluding hydrogens is 505 g/mol. The highest BCUT2D eigenvalue weighted by atomic mass is 127. The number of fused-ring (bicyclic) bond motifs is 1. The van der Waals surface area contributed by atoms with Crippen molar-refractivity contribution in [3.63, 3.8) is 0 Å². The number of rotatable bonds is 8. The van der Waals surface area contributed by atoms with Gasteiger partial charge in [0, 0.05) is 19.6 Å². The first-order chi connectivity index (χ1) is 13.1. The fraction of sp³-hybridized carbons (Fsp3) is 0.368. The summed E-state index contributed by atoms with van der Waals surface area (Å²) in [5.41, 5.74) is 0.940. The van der Waals surface area contributed by atoms with Crippen LogP contribution in [-0.4, -0.2) is 42.2 Å². The second kappa shape index (κ2) is 10.9. The molecule has 1 atom stereocenters. The van der Waals surface area contributed by atoms with Gasteiger partial charge in [-0.3, -0.25) is 0 Å². The minimum absolute atomic E-state index is 0. The number of aliphatic hydroxyl groups is 1. The van der Waals surface area contributed by atoms with E-state index in [2.05, 4.69) is 32.0 Å². The smallest absolute Gasteiger partial charge is 0.191 e. The number of aliphatic imine (C=N–C) groups is 1. The molecule has 9 heteroatoms. The maximum Gasteiger partial charge on any atom is 0.191 e. The van der Waals surface area contributed by atoms with E-state index < -0.39 is 5.60 Å². The number of hydrogen-bond acceptors (Lipinski definition) is 6. The Bertz CT molecular complexity index is 846. The maximum absolute atomic E-state index is 10.6. The average molecular weight is 531 g/mol. The molecule has 0 saturated heterocycles. The lowest BCUT2D eigenvalue weighted by molar-refractivity contribution is 0.0677. The number of benzene rings is 1. The van der Waals surface area contributed by atoms with E-state index in [1.54, 1.807) is 29.6 Å². The zero-order valence-electron chi connectivity index (χ0n) is 15.9. The highest BCUT2D eigenvalue weighted by Gasteiger charge is 2.23. The van der Waals surface area contributed by atoms with Crippen molar-refractivity contribution in [2.75, 3.05) is 31.5 Å². The second-order valence-corrected chi connectivity index (χ2v) is 8.13. The van der Waals surface area contributed by atoms with Crippen molar-refractivity contribution in [3.8, 4) is 0 Å². The first-order valence-corrected chi connectivity index (χ1v) is 10.7. The average Bonchev–Trinajstić information content (AvgIpc) is 3.32. The van der Waals surface area contributed by atoms with E-state index in [0.717, 1.165) is 29.3 Å². The molecule has 0 fully saturated rings. The molecule has 0 bridgehead atoms. The van der Waals surface area contributed by atoms with Crippen LogP contribution < -0.4 is 16.0 Å². The zero-order chi connectivity index (χ0) is 19.1. The third-order valence-corrected chi connectivity index (χ3v) is 5.70. The summed E-state index contributed by atoms with van der Waals surface area (Å²) in [5, 5.41) is 25.3.